The van der Waals surface area contributed by atoms with Crippen LogP contribution in [0, 0.1) is 0 Å². The highest BCUT2D eigenvalue weighted by atomic mass is 32.1. The van der Waals surface area contributed by atoms with Crippen molar-refractivity contribution in [3.63, 3.8) is 0 Å². The van der Waals surface area contributed by atoms with E-state index in [2.05, 4.69) is 18.8 Å². The van der Waals surface area contributed by atoms with Gasteiger partial charge in [0.05, 0.1) is 5.01 Å². The minimum Gasteiger partial charge on any atom is -0.476 e. The van der Waals surface area contributed by atoms with E-state index in [1.54, 1.807) is 7.05 Å². The first-order valence-electron chi connectivity index (χ1n) is 7.72. The van der Waals surface area contributed by atoms with Gasteiger partial charge in [-0.05, 0) is 27.2 Å². The van der Waals surface area contributed by atoms with Crippen molar-refractivity contribution in [3.05, 3.63) is 16.1 Å². The minimum atomic E-state index is -1.02. The normalized spacial score (nSPS) is 10.5. The van der Waals surface area contributed by atoms with Gasteiger partial charge in [-0.3, -0.25) is 0 Å². The molecule has 6 nitrogen and oxygen atoms in total. The fourth-order valence-electron chi connectivity index (χ4n) is 1.42. The Morgan fingerprint density at radius 2 is 1.91 bits per heavy atom. The lowest BCUT2D eigenvalue weighted by atomic mass is 10.2. The van der Waals surface area contributed by atoms with Crippen molar-refractivity contribution >= 4 is 23.4 Å². The van der Waals surface area contributed by atoms with Crippen LogP contribution in [0.25, 0.3) is 0 Å². The van der Waals surface area contributed by atoms with Gasteiger partial charge in [0.15, 0.2) is 5.69 Å². The molecule has 7 heteroatoms. The van der Waals surface area contributed by atoms with Crippen molar-refractivity contribution in [1.82, 2.24) is 9.88 Å². The predicted molar refractivity (Wildman–Crippen MR) is 92.2 cm³/mol. The van der Waals surface area contributed by atoms with Crippen molar-refractivity contribution in [2.75, 3.05) is 13.6 Å². The molecule has 0 aliphatic carbocycles. The van der Waals surface area contributed by atoms with Gasteiger partial charge < -0.3 is 14.7 Å². The number of rotatable bonds is 5. The summed E-state index contributed by atoms with van der Waals surface area (Å²) < 4.78 is 5.23. The molecule has 1 N–H and O–H groups in total. The first-order valence-corrected chi connectivity index (χ1v) is 8.60. The van der Waals surface area contributed by atoms with Crippen LogP contribution in [0.15, 0.2) is 5.38 Å². The number of aromatic nitrogens is 1. The summed E-state index contributed by atoms with van der Waals surface area (Å²) in [5.74, 6) is -1.02. The number of carboxylic acids is 1. The van der Waals surface area contributed by atoms with E-state index >= 15 is 0 Å². The van der Waals surface area contributed by atoms with Gasteiger partial charge in [-0.2, -0.15) is 0 Å². The predicted octanol–water partition coefficient (Wildman–Crippen LogP) is 4.06. The maximum atomic E-state index is 11.7. The zero-order valence-electron chi connectivity index (χ0n) is 14.9. The number of aromatic carboxylic acids is 1. The van der Waals surface area contributed by atoms with Crippen molar-refractivity contribution in [2.45, 2.75) is 59.5 Å². The zero-order valence-corrected chi connectivity index (χ0v) is 15.7. The maximum Gasteiger partial charge on any atom is 0.410 e. The van der Waals surface area contributed by atoms with Crippen LogP contribution >= 0.6 is 11.3 Å². The van der Waals surface area contributed by atoms with E-state index in [0.29, 0.717) is 19.4 Å². The SMILES string of the molecule is CCC.CN(CCCc1nc(C(=O)O)cs1)C(=O)OC(C)(C)C. The summed E-state index contributed by atoms with van der Waals surface area (Å²) in [5.41, 5.74) is -0.428. The molecule has 0 aliphatic heterocycles. The Balaban J connectivity index is 0.00000149. The molecule has 23 heavy (non-hydrogen) atoms. The molecule has 0 spiro atoms. The number of thiazole rings is 1. The molecule has 1 aromatic rings. The number of hydrogen-bond acceptors (Lipinski definition) is 5. The highest BCUT2D eigenvalue weighted by molar-refractivity contribution is 7.09. The zero-order chi connectivity index (χ0) is 18.0. The number of carbonyl (C=O) groups excluding carboxylic acids is 1. The summed E-state index contributed by atoms with van der Waals surface area (Å²) in [6.45, 7) is 10.3. The van der Waals surface area contributed by atoms with Crippen LogP contribution in [-0.2, 0) is 11.2 Å². The van der Waals surface area contributed by atoms with Crippen LogP contribution in [0.3, 0.4) is 0 Å². The van der Waals surface area contributed by atoms with Crippen molar-refractivity contribution < 1.29 is 19.4 Å². The molecule has 1 amide bonds. The Labute approximate surface area is 142 Å². The first-order chi connectivity index (χ1) is 10.6. The van der Waals surface area contributed by atoms with Crippen LogP contribution in [0.2, 0.25) is 0 Å². The summed E-state index contributed by atoms with van der Waals surface area (Å²) in [5, 5.41) is 11.1. The Hall–Kier alpha value is -1.63. The van der Waals surface area contributed by atoms with E-state index in [1.165, 1.54) is 28.0 Å². The highest BCUT2D eigenvalue weighted by Gasteiger charge is 2.19. The van der Waals surface area contributed by atoms with Crippen LogP contribution in [-0.4, -0.2) is 46.2 Å². The van der Waals surface area contributed by atoms with E-state index in [-0.39, 0.29) is 11.8 Å². The highest BCUT2D eigenvalue weighted by Crippen LogP contribution is 2.13. The Kier molecular flexibility index (Phi) is 9.48. The number of nitrogens with zero attached hydrogens (tertiary/aromatic N) is 2. The lowest BCUT2D eigenvalue weighted by Gasteiger charge is -2.24. The number of amides is 1. The molecule has 0 bridgehead atoms. The largest absolute Gasteiger partial charge is 0.476 e. The molecule has 0 saturated heterocycles. The van der Waals surface area contributed by atoms with E-state index in [1.807, 2.05) is 20.8 Å². The molecule has 0 atom stereocenters. The van der Waals surface area contributed by atoms with Gasteiger partial charge in [0.2, 0.25) is 0 Å². The van der Waals surface area contributed by atoms with E-state index in [4.69, 9.17) is 9.84 Å². The monoisotopic (exact) mass is 344 g/mol. The Morgan fingerprint density at radius 3 is 2.35 bits per heavy atom. The average molecular weight is 344 g/mol. The number of aryl methyl sites for hydroxylation is 1. The smallest absolute Gasteiger partial charge is 0.410 e. The molecule has 132 valence electrons. The van der Waals surface area contributed by atoms with E-state index < -0.39 is 11.6 Å². The molecule has 0 aromatic carbocycles. The van der Waals surface area contributed by atoms with E-state index in [9.17, 15) is 9.59 Å². The lowest BCUT2D eigenvalue weighted by molar-refractivity contribution is 0.0297. The lowest BCUT2D eigenvalue weighted by Crippen LogP contribution is -2.34. The average Bonchev–Trinajstić information content (AvgIpc) is 2.86. The molecule has 1 aromatic heterocycles. The summed E-state index contributed by atoms with van der Waals surface area (Å²) in [4.78, 5) is 27.9. The molecule has 1 rings (SSSR count). The van der Waals surface area contributed by atoms with Crippen molar-refractivity contribution in [1.29, 1.82) is 0 Å². The second kappa shape index (κ2) is 10.2. The Bertz CT molecular complexity index is 495. The second-order valence-electron chi connectivity index (χ2n) is 6.14. The fourth-order valence-corrected chi connectivity index (χ4v) is 2.24. The third-order valence-corrected chi connectivity index (χ3v) is 3.27. The Morgan fingerprint density at radius 1 is 1.35 bits per heavy atom. The number of carboxylic acid groups (broad SMARTS) is 1. The van der Waals surface area contributed by atoms with Crippen LogP contribution in [0.5, 0.6) is 0 Å². The molecule has 0 fully saturated rings. The maximum absolute atomic E-state index is 11.7. The summed E-state index contributed by atoms with van der Waals surface area (Å²) in [6, 6.07) is 0. The summed E-state index contributed by atoms with van der Waals surface area (Å²) in [7, 11) is 1.68. The van der Waals surface area contributed by atoms with Gasteiger partial charge in [-0.15, -0.1) is 11.3 Å². The van der Waals surface area contributed by atoms with Crippen LogP contribution in [0.1, 0.15) is 63.0 Å². The van der Waals surface area contributed by atoms with Gasteiger partial charge in [0.25, 0.3) is 0 Å². The van der Waals surface area contributed by atoms with Crippen molar-refractivity contribution in [3.8, 4) is 0 Å². The molecule has 0 aliphatic rings. The molecular formula is C16H28N2O4S. The van der Waals surface area contributed by atoms with Gasteiger partial charge in [0, 0.05) is 25.4 Å². The summed E-state index contributed by atoms with van der Waals surface area (Å²) in [6.07, 6.45) is 2.25. The van der Waals surface area contributed by atoms with Gasteiger partial charge >= 0.3 is 12.1 Å². The van der Waals surface area contributed by atoms with E-state index in [0.717, 1.165) is 5.01 Å². The van der Waals surface area contributed by atoms with Crippen molar-refractivity contribution in [2.24, 2.45) is 0 Å². The second-order valence-corrected chi connectivity index (χ2v) is 7.09. The minimum absolute atomic E-state index is 0.0745. The third-order valence-electron chi connectivity index (χ3n) is 2.36. The quantitative estimate of drug-likeness (QED) is 0.871. The fraction of sp³-hybridized carbons (Fsp3) is 0.688. The van der Waals surface area contributed by atoms with Crippen LogP contribution in [0.4, 0.5) is 4.79 Å². The molecule has 1 heterocycles. The topological polar surface area (TPSA) is 79.7 Å². The number of hydrogen-bond donors (Lipinski definition) is 1. The van der Waals surface area contributed by atoms with Crippen LogP contribution < -0.4 is 0 Å². The third kappa shape index (κ3) is 9.89. The summed E-state index contributed by atoms with van der Waals surface area (Å²) >= 11 is 1.32. The van der Waals surface area contributed by atoms with Gasteiger partial charge in [-0.1, -0.05) is 20.3 Å². The van der Waals surface area contributed by atoms with Gasteiger partial charge in [-0.25, -0.2) is 14.6 Å². The standard InChI is InChI=1S/C13H20N2O4S.C3H8/c1-13(2,3)19-12(18)15(4)7-5-6-10-14-9(8-20-10)11(16)17;1-3-2/h8H,5-7H2,1-4H3,(H,16,17);3H2,1-2H3. The number of carbonyl (C=O) groups is 2. The molecular weight excluding hydrogens is 316 g/mol. The molecule has 0 radical (unpaired) electrons. The molecule has 0 unspecified atom stereocenters. The number of ether oxygens (including phenoxy) is 1. The molecule has 0 saturated carbocycles. The first kappa shape index (κ1) is 21.4. The van der Waals surface area contributed by atoms with Gasteiger partial charge in [0.1, 0.15) is 5.60 Å².